The molecule has 0 bridgehead atoms. The first kappa shape index (κ1) is 25.6. The Bertz CT molecular complexity index is 1200. The van der Waals surface area contributed by atoms with E-state index >= 15 is 0 Å². The van der Waals surface area contributed by atoms with E-state index in [1.807, 2.05) is 13.8 Å². The van der Waals surface area contributed by atoms with Crippen molar-refractivity contribution in [3.05, 3.63) is 59.2 Å². The lowest BCUT2D eigenvalue weighted by Gasteiger charge is -2.34. The van der Waals surface area contributed by atoms with Gasteiger partial charge in [-0.25, -0.2) is 4.79 Å². The van der Waals surface area contributed by atoms with Crippen LogP contribution in [0.2, 0.25) is 5.02 Å². The Labute approximate surface area is 200 Å². The highest BCUT2D eigenvalue weighted by Crippen LogP contribution is 2.41. The second kappa shape index (κ2) is 9.68. The predicted molar refractivity (Wildman–Crippen MR) is 124 cm³/mol. The molecule has 1 amide bonds. The standard InChI is InChI=1S/C24H25ClF3N3O3/c1-13(2)12-23(3,30)21(34-22(29)32)33-20-7-4-14(10-18(20)24(26,27)28)16-8-9-31-19-11-15(25)5-6-17(16)19/h4-11,13,21H,12,30H2,1-3H3,(H2,29,32)/t21?,23-/m0/s1. The van der Waals surface area contributed by atoms with Gasteiger partial charge in [-0.3, -0.25) is 4.98 Å². The highest BCUT2D eigenvalue weighted by molar-refractivity contribution is 6.31. The number of nitrogens with zero attached hydrogens (tertiary/aromatic N) is 1. The summed E-state index contributed by atoms with van der Waals surface area (Å²) in [5, 5.41) is 1.10. The molecule has 6 nitrogen and oxygen atoms in total. The number of primary amides is 1. The smallest absolute Gasteiger partial charge is 0.419 e. The van der Waals surface area contributed by atoms with Crippen molar-refractivity contribution in [3.8, 4) is 16.9 Å². The van der Waals surface area contributed by atoms with Gasteiger partial charge in [0, 0.05) is 16.6 Å². The van der Waals surface area contributed by atoms with Crippen LogP contribution in [0.3, 0.4) is 0 Å². The molecule has 4 N–H and O–H groups in total. The zero-order valence-corrected chi connectivity index (χ0v) is 19.6. The van der Waals surface area contributed by atoms with Crippen molar-refractivity contribution in [1.82, 2.24) is 4.98 Å². The van der Waals surface area contributed by atoms with Crippen LogP contribution in [0.25, 0.3) is 22.0 Å². The highest BCUT2D eigenvalue weighted by atomic mass is 35.5. The monoisotopic (exact) mass is 495 g/mol. The molecule has 34 heavy (non-hydrogen) atoms. The number of hydrogen-bond acceptors (Lipinski definition) is 5. The number of halogens is 4. The topological polar surface area (TPSA) is 100 Å². The molecule has 0 aliphatic rings. The second-order valence-electron chi connectivity index (χ2n) is 8.72. The number of rotatable bonds is 7. The van der Waals surface area contributed by atoms with E-state index in [1.165, 1.54) is 25.3 Å². The number of pyridine rings is 1. The minimum atomic E-state index is -4.77. The summed E-state index contributed by atoms with van der Waals surface area (Å²) in [4.78, 5) is 15.7. The summed E-state index contributed by atoms with van der Waals surface area (Å²) >= 11 is 6.02. The van der Waals surface area contributed by atoms with Crippen molar-refractivity contribution in [2.75, 3.05) is 0 Å². The molecule has 2 atom stereocenters. The normalized spacial score (nSPS) is 14.6. The van der Waals surface area contributed by atoms with E-state index in [0.717, 1.165) is 6.07 Å². The van der Waals surface area contributed by atoms with Gasteiger partial charge in [0.15, 0.2) is 0 Å². The molecule has 1 heterocycles. The van der Waals surface area contributed by atoms with E-state index in [4.69, 9.17) is 32.5 Å². The molecule has 10 heteroatoms. The predicted octanol–water partition coefficient (Wildman–Crippen LogP) is 6.14. The SMILES string of the molecule is CC(C)C[C@](C)(N)C(OC(N)=O)Oc1ccc(-c2ccnc3cc(Cl)ccc23)cc1C(F)(F)F. The van der Waals surface area contributed by atoms with Crippen LogP contribution in [-0.2, 0) is 10.9 Å². The molecule has 1 unspecified atom stereocenters. The number of ether oxygens (including phenoxy) is 2. The van der Waals surface area contributed by atoms with Crippen LogP contribution >= 0.6 is 11.6 Å². The Morgan fingerprint density at radius 2 is 1.85 bits per heavy atom. The zero-order valence-electron chi connectivity index (χ0n) is 18.8. The molecule has 0 saturated carbocycles. The summed E-state index contributed by atoms with van der Waals surface area (Å²) in [7, 11) is 0. The number of amides is 1. The molecule has 182 valence electrons. The molecule has 2 aromatic carbocycles. The van der Waals surface area contributed by atoms with Gasteiger partial charge in [0.2, 0.25) is 0 Å². The van der Waals surface area contributed by atoms with E-state index in [0.29, 0.717) is 33.5 Å². The molecule has 0 fully saturated rings. The molecule has 0 radical (unpaired) electrons. The first-order valence-corrected chi connectivity index (χ1v) is 10.8. The van der Waals surface area contributed by atoms with Gasteiger partial charge in [0.1, 0.15) is 5.75 Å². The van der Waals surface area contributed by atoms with Gasteiger partial charge in [-0.1, -0.05) is 37.6 Å². The van der Waals surface area contributed by atoms with Crippen molar-refractivity contribution >= 4 is 28.6 Å². The summed E-state index contributed by atoms with van der Waals surface area (Å²) in [6.45, 7) is 5.26. The van der Waals surface area contributed by atoms with Gasteiger partial charge in [0.05, 0.1) is 16.6 Å². The van der Waals surface area contributed by atoms with Crippen LogP contribution in [0, 0.1) is 5.92 Å². The number of alkyl halides is 3. The van der Waals surface area contributed by atoms with E-state index < -0.39 is 35.4 Å². The average Bonchev–Trinajstić information content (AvgIpc) is 2.71. The van der Waals surface area contributed by atoms with Gasteiger partial charge >= 0.3 is 12.3 Å². The molecule has 0 saturated heterocycles. The van der Waals surface area contributed by atoms with Crippen molar-refractivity contribution in [1.29, 1.82) is 0 Å². The Kier molecular flexibility index (Phi) is 7.28. The third-order valence-corrected chi connectivity index (χ3v) is 5.38. The number of hydrogen-bond donors (Lipinski definition) is 2. The van der Waals surface area contributed by atoms with Crippen LogP contribution < -0.4 is 16.2 Å². The summed E-state index contributed by atoms with van der Waals surface area (Å²) in [6.07, 6.45) is -5.72. The average molecular weight is 496 g/mol. The number of aromatic nitrogens is 1. The van der Waals surface area contributed by atoms with Gasteiger partial charge in [-0.15, -0.1) is 0 Å². The minimum Gasteiger partial charge on any atom is -0.452 e. The number of fused-ring (bicyclic) bond motifs is 1. The third kappa shape index (κ3) is 5.90. The first-order valence-electron chi connectivity index (χ1n) is 10.5. The number of carbonyl (C=O) groups is 1. The third-order valence-electron chi connectivity index (χ3n) is 5.14. The second-order valence-corrected chi connectivity index (χ2v) is 9.16. The van der Waals surface area contributed by atoms with Crippen molar-refractivity contribution in [2.24, 2.45) is 17.4 Å². The molecule has 0 spiro atoms. The van der Waals surface area contributed by atoms with Crippen LogP contribution in [0.15, 0.2) is 48.7 Å². The van der Waals surface area contributed by atoms with Crippen LogP contribution in [0.4, 0.5) is 18.0 Å². The van der Waals surface area contributed by atoms with Gasteiger partial charge < -0.3 is 20.9 Å². The van der Waals surface area contributed by atoms with Gasteiger partial charge in [-0.05, 0) is 60.7 Å². The molecular formula is C24H25ClF3N3O3. The fraction of sp³-hybridized carbons (Fsp3) is 0.333. The quantitative estimate of drug-likeness (QED) is 0.383. The molecule has 0 aliphatic carbocycles. The number of benzene rings is 2. The molecular weight excluding hydrogens is 471 g/mol. The Morgan fingerprint density at radius 1 is 1.15 bits per heavy atom. The van der Waals surface area contributed by atoms with Gasteiger partial charge in [-0.2, -0.15) is 13.2 Å². The molecule has 1 aromatic heterocycles. The van der Waals surface area contributed by atoms with Crippen molar-refractivity contribution in [2.45, 2.75) is 45.2 Å². The molecule has 0 aliphatic heterocycles. The summed E-state index contributed by atoms with van der Waals surface area (Å²) in [5.41, 5.74) is 10.4. The lowest BCUT2D eigenvalue weighted by atomic mass is 9.91. The minimum absolute atomic E-state index is 0.0514. The van der Waals surface area contributed by atoms with E-state index in [-0.39, 0.29) is 5.92 Å². The summed E-state index contributed by atoms with van der Waals surface area (Å²) < 4.78 is 52.7. The lowest BCUT2D eigenvalue weighted by Crippen LogP contribution is -2.54. The highest BCUT2D eigenvalue weighted by Gasteiger charge is 2.40. The van der Waals surface area contributed by atoms with E-state index in [9.17, 15) is 18.0 Å². The maximum Gasteiger partial charge on any atom is 0.419 e. The Hall–Kier alpha value is -3.04. The Balaban J connectivity index is 2.09. The summed E-state index contributed by atoms with van der Waals surface area (Å²) in [6, 6.07) is 10.2. The Morgan fingerprint density at radius 3 is 2.47 bits per heavy atom. The van der Waals surface area contributed by atoms with E-state index in [1.54, 1.807) is 24.3 Å². The van der Waals surface area contributed by atoms with Gasteiger partial charge in [0.25, 0.3) is 6.29 Å². The number of carbonyl (C=O) groups excluding carboxylic acids is 1. The van der Waals surface area contributed by atoms with Crippen molar-refractivity contribution < 1.29 is 27.4 Å². The summed E-state index contributed by atoms with van der Waals surface area (Å²) in [5.74, 6) is -0.486. The fourth-order valence-electron chi connectivity index (χ4n) is 3.88. The maximum absolute atomic E-state index is 14.1. The molecule has 3 aromatic rings. The fourth-order valence-corrected chi connectivity index (χ4v) is 4.05. The van der Waals surface area contributed by atoms with Crippen LogP contribution in [0.5, 0.6) is 5.75 Å². The lowest BCUT2D eigenvalue weighted by molar-refractivity contribution is -0.142. The largest absolute Gasteiger partial charge is 0.452 e. The van der Waals surface area contributed by atoms with E-state index in [2.05, 4.69) is 4.98 Å². The van der Waals surface area contributed by atoms with Crippen molar-refractivity contribution in [3.63, 3.8) is 0 Å². The number of nitrogens with two attached hydrogens (primary N) is 2. The van der Waals surface area contributed by atoms with Crippen LogP contribution in [0.1, 0.15) is 32.8 Å². The zero-order chi connectivity index (χ0) is 25.3. The first-order chi connectivity index (χ1) is 15.8. The molecule has 3 rings (SSSR count). The van der Waals surface area contributed by atoms with Crippen LogP contribution in [-0.4, -0.2) is 22.9 Å². The maximum atomic E-state index is 14.1.